The Bertz CT molecular complexity index is 601. The van der Waals surface area contributed by atoms with E-state index >= 15 is 0 Å². The zero-order valence-corrected chi connectivity index (χ0v) is 9.12. The normalized spacial score (nSPS) is 9.72. The van der Waals surface area contributed by atoms with E-state index in [0.29, 0.717) is 6.54 Å². The van der Waals surface area contributed by atoms with E-state index in [1.165, 1.54) is 12.3 Å². The molecule has 0 aromatic carbocycles. The number of pyridine rings is 1. The first-order valence-electron chi connectivity index (χ1n) is 4.98. The molecule has 0 unspecified atom stereocenters. The maximum absolute atomic E-state index is 10.9. The molecule has 0 spiro atoms. The van der Waals surface area contributed by atoms with Crippen molar-refractivity contribution in [3.05, 3.63) is 45.9 Å². The van der Waals surface area contributed by atoms with Gasteiger partial charge in [0.05, 0.1) is 17.2 Å². The zero-order valence-electron chi connectivity index (χ0n) is 9.12. The van der Waals surface area contributed by atoms with Gasteiger partial charge in [-0.2, -0.15) is 10.4 Å². The molecule has 0 aliphatic heterocycles. The molecular formula is C10H8N6O2. The molecule has 0 amide bonds. The standard InChI is InChI=1S/C10H8N6O2/c11-5-7-1-3-12-10(9(7)16(17)18)13-6-8-2-4-14-15-8/h1-4H,6H2,(H,12,13)(H,14,15). The van der Waals surface area contributed by atoms with E-state index in [1.807, 2.05) is 0 Å². The summed E-state index contributed by atoms with van der Waals surface area (Å²) >= 11 is 0. The second kappa shape index (κ2) is 4.92. The fourth-order valence-corrected chi connectivity index (χ4v) is 1.42. The molecule has 2 heterocycles. The Morgan fingerprint density at radius 3 is 2.94 bits per heavy atom. The molecule has 2 aromatic rings. The third-order valence-corrected chi connectivity index (χ3v) is 2.23. The van der Waals surface area contributed by atoms with Crippen LogP contribution in [-0.2, 0) is 6.54 Å². The number of rotatable bonds is 4. The van der Waals surface area contributed by atoms with Gasteiger partial charge < -0.3 is 5.32 Å². The SMILES string of the molecule is N#Cc1ccnc(NCc2ccn[nH]2)c1[N+](=O)[O-]. The van der Waals surface area contributed by atoms with Crippen molar-refractivity contribution in [3.63, 3.8) is 0 Å². The highest BCUT2D eigenvalue weighted by Gasteiger charge is 2.20. The number of hydrogen-bond acceptors (Lipinski definition) is 6. The van der Waals surface area contributed by atoms with E-state index in [1.54, 1.807) is 18.3 Å². The molecule has 0 aliphatic carbocycles. The fraction of sp³-hybridized carbons (Fsp3) is 0.100. The molecule has 0 fully saturated rings. The lowest BCUT2D eigenvalue weighted by molar-refractivity contribution is -0.384. The number of nitrogens with one attached hydrogen (secondary N) is 2. The summed E-state index contributed by atoms with van der Waals surface area (Å²) in [4.78, 5) is 14.2. The predicted octanol–water partition coefficient (Wildman–Crippen LogP) is 1.20. The largest absolute Gasteiger partial charge is 0.359 e. The van der Waals surface area contributed by atoms with Crippen molar-refractivity contribution in [2.75, 3.05) is 5.32 Å². The second-order valence-electron chi connectivity index (χ2n) is 3.36. The lowest BCUT2D eigenvalue weighted by Crippen LogP contribution is -2.06. The number of aromatic nitrogens is 3. The van der Waals surface area contributed by atoms with Gasteiger partial charge in [-0.3, -0.25) is 15.2 Å². The zero-order chi connectivity index (χ0) is 13.0. The molecule has 0 bridgehead atoms. The van der Waals surface area contributed by atoms with E-state index in [-0.39, 0.29) is 17.1 Å². The fourth-order valence-electron chi connectivity index (χ4n) is 1.42. The van der Waals surface area contributed by atoms with Crippen molar-refractivity contribution >= 4 is 11.5 Å². The Labute approximate surface area is 101 Å². The molecule has 2 aromatic heterocycles. The van der Waals surface area contributed by atoms with Gasteiger partial charge >= 0.3 is 5.69 Å². The molecule has 0 radical (unpaired) electrons. The summed E-state index contributed by atoms with van der Waals surface area (Å²) in [6.45, 7) is 0.308. The van der Waals surface area contributed by atoms with Crippen molar-refractivity contribution < 1.29 is 4.92 Å². The second-order valence-corrected chi connectivity index (χ2v) is 3.36. The van der Waals surface area contributed by atoms with Crippen LogP contribution in [0.3, 0.4) is 0 Å². The minimum atomic E-state index is -0.624. The highest BCUT2D eigenvalue weighted by molar-refractivity contribution is 5.64. The first-order valence-corrected chi connectivity index (χ1v) is 4.98. The van der Waals surface area contributed by atoms with Gasteiger partial charge in [0.1, 0.15) is 11.6 Å². The predicted molar refractivity (Wildman–Crippen MR) is 61.5 cm³/mol. The highest BCUT2D eigenvalue weighted by Crippen LogP contribution is 2.25. The molecule has 8 nitrogen and oxygen atoms in total. The summed E-state index contributed by atoms with van der Waals surface area (Å²) in [7, 11) is 0. The molecule has 8 heteroatoms. The van der Waals surface area contributed by atoms with E-state index in [9.17, 15) is 10.1 Å². The average molecular weight is 244 g/mol. The summed E-state index contributed by atoms with van der Waals surface area (Å²) in [5.41, 5.74) is 0.412. The highest BCUT2D eigenvalue weighted by atomic mass is 16.6. The van der Waals surface area contributed by atoms with Crippen molar-refractivity contribution in [1.29, 1.82) is 5.26 Å². The quantitative estimate of drug-likeness (QED) is 0.615. The van der Waals surface area contributed by atoms with Crippen LogP contribution in [0.5, 0.6) is 0 Å². The van der Waals surface area contributed by atoms with Gasteiger partial charge in [-0.25, -0.2) is 4.98 Å². The molecule has 2 N–H and O–H groups in total. The number of H-pyrrole nitrogens is 1. The monoisotopic (exact) mass is 244 g/mol. The van der Waals surface area contributed by atoms with E-state index in [0.717, 1.165) is 5.69 Å². The molecule has 18 heavy (non-hydrogen) atoms. The third-order valence-electron chi connectivity index (χ3n) is 2.23. The average Bonchev–Trinajstić information content (AvgIpc) is 2.88. The first-order chi connectivity index (χ1) is 8.72. The van der Waals surface area contributed by atoms with Crippen LogP contribution in [0.15, 0.2) is 24.5 Å². The van der Waals surface area contributed by atoms with Crippen LogP contribution in [0, 0.1) is 21.4 Å². The number of nitrogens with zero attached hydrogens (tertiary/aromatic N) is 4. The van der Waals surface area contributed by atoms with Crippen molar-refractivity contribution in [1.82, 2.24) is 15.2 Å². The van der Waals surface area contributed by atoms with Crippen LogP contribution in [0.1, 0.15) is 11.3 Å². The van der Waals surface area contributed by atoms with Crippen LogP contribution in [-0.4, -0.2) is 20.1 Å². The Hall–Kier alpha value is -2.95. The number of nitriles is 1. The molecule has 0 atom stereocenters. The summed E-state index contributed by atoms with van der Waals surface area (Å²) in [6.07, 6.45) is 2.92. The Balaban J connectivity index is 2.27. The summed E-state index contributed by atoms with van der Waals surface area (Å²) in [6, 6.07) is 4.80. The molecule has 0 aliphatic rings. The maximum atomic E-state index is 10.9. The molecule has 2 rings (SSSR count). The minimum absolute atomic E-state index is 0.0258. The Morgan fingerprint density at radius 2 is 2.33 bits per heavy atom. The Kier molecular flexibility index (Phi) is 3.15. The molecule has 0 saturated heterocycles. The number of aromatic amines is 1. The smallest absolute Gasteiger partial charge is 0.328 e. The van der Waals surface area contributed by atoms with Crippen LogP contribution in [0.4, 0.5) is 11.5 Å². The van der Waals surface area contributed by atoms with Gasteiger partial charge in [-0.05, 0) is 12.1 Å². The van der Waals surface area contributed by atoms with Gasteiger partial charge in [0, 0.05) is 12.4 Å². The number of hydrogen-bond donors (Lipinski definition) is 2. The third kappa shape index (κ3) is 2.25. The van der Waals surface area contributed by atoms with Crippen molar-refractivity contribution in [3.8, 4) is 6.07 Å². The molecular weight excluding hydrogens is 236 g/mol. The van der Waals surface area contributed by atoms with Gasteiger partial charge in [-0.15, -0.1) is 0 Å². The van der Waals surface area contributed by atoms with Crippen molar-refractivity contribution in [2.24, 2.45) is 0 Å². The van der Waals surface area contributed by atoms with E-state index < -0.39 is 4.92 Å². The van der Waals surface area contributed by atoms with Gasteiger partial charge in [-0.1, -0.05) is 0 Å². The Morgan fingerprint density at radius 1 is 1.50 bits per heavy atom. The van der Waals surface area contributed by atoms with Crippen LogP contribution < -0.4 is 5.32 Å². The molecule has 0 saturated carbocycles. The topological polar surface area (TPSA) is 121 Å². The van der Waals surface area contributed by atoms with Gasteiger partial charge in [0.25, 0.3) is 0 Å². The van der Waals surface area contributed by atoms with Crippen LogP contribution >= 0.6 is 0 Å². The van der Waals surface area contributed by atoms with Crippen LogP contribution in [0.2, 0.25) is 0 Å². The summed E-state index contributed by atoms with van der Waals surface area (Å²) < 4.78 is 0. The first kappa shape index (κ1) is 11.5. The van der Waals surface area contributed by atoms with Gasteiger partial charge in [0.15, 0.2) is 0 Å². The van der Waals surface area contributed by atoms with E-state index in [4.69, 9.17) is 5.26 Å². The summed E-state index contributed by atoms with van der Waals surface area (Å²) in [5.74, 6) is 0.0636. The van der Waals surface area contributed by atoms with E-state index in [2.05, 4.69) is 20.5 Å². The maximum Gasteiger partial charge on any atom is 0.328 e. The lowest BCUT2D eigenvalue weighted by Gasteiger charge is -2.05. The van der Waals surface area contributed by atoms with Crippen LogP contribution in [0.25, 0.3) is 0 Å². The lowest BCUT2D eigenvalue weighted by atomic mass is 10.2. The minimum Gasteiger partial charge on any atom is -0.359 e. The number of anilines is 1. The van der Waals surface area contributed by atoms with Gasteiger partial charge in [0.2, 0.25) is 5.82 Å². The number of nitro groups is 1. The summed E-state index contributed by atoms with van der Waals surface area (Å²) in [5, 5.41) is 29.0. The molecule has 90 valence electrons. The van der Waals surface area contributed by atoms with Crippen molar-refractivity contribution in [2.45, 2.75) is 6.54 Å².